The molecule has 0 fully saturated rings. The largest absolute Gasteiger partial charge is 0.326 e. The summed E-state index contributed by atoms with van der Waals surface area (Å²) < 4.78 is 0. The van der Waals surface area contributed by atoms with Crippen LogP contribution in [0.3, 0.4) is 0 Å². The molecule has 1 aromatic rings. The van der Waals surface area contributed by atoms with Crippen LogP contribution in [0, 0.1) is 0 Å². The smallest absolute Gasteiger partial charge is 0.255 e. The van der Waals surface area contributed by atoms with Crippen LogP contribution in [0.15, 0.2) is 24.3 Å². The quantitative estimate of drug-likeness (QED) is 0.704. The summed E-state index contributed by atoms with van der Waals surface area (Å²) in [5.41, 5.74) is 14.0. The van der Waals surface area contributed by atoms with Gasteiger partial charge in [0.2, 0.25) is 0 Å². The van der Waals surface area contributed by atoms with Gasteiger partial charge in [0.25, 0.3) is 5.91 Å². The second-order valence-electron chi connectivity index (χ2n) is 2.67. The van der Waals surface area contributed by atoms with Crippen molar-refractivity contribution in [1.82, 2.24) is 5.73 Å². The first kappa shape index (κ1) is 10.1. The van der Waals surface area contributed by atoms with Crippen molar-refractivity contribution in [3.63, 3.8) is 0 Å². The molecule has 0 bridgehead atoms. The first-order valence-electron chi connectivity index (χ1n) is 3.88. The number of carbonyl (C=O) groups is 1. The van der Waals surface area contributed by atoms with Crippen LogP contribution in [0.1, 0.15) is 16.4 Å². The van der Waals surface area contributed by atoms with Gasteiger partial charge in [-0.1, -0.05) is 24.3 Å². The predicted molar refractivity (Wildman–Crippen MR) is 54.2 cm³/mol. The molecule has 13 heavy (non-hydrogen) atoms. The summed E-state index contributed by atoms with van der Waals surface area (Å²) in [5.74, 6) is -0.704. The molecule has 1 aromatic carbocycles. The van der Waals surface area contributed by atoms with Crippen molar-refractivity contribution in [3.05, 3.63) is 35.4 Å². The third kappa shape index (κ3) is 2.23. The molecular formula is C9H11N2OS. The topological polar surface area (TPSA) is 66.9 Å². The molecule has 0 aromatic heterocycles. The molecule has 0 aliphatic heterocycles. The second kappa shape index (κ2) is 4.30. The molecule has 3 nitrogen and oxygen atoms in total. The summed E-state index contributed by atoms with van der Waals surface area (Å²) >= 11 is 4.05. The summed E-state index contributed by atoms with van der Waals surface area (Å²) in [6, 6.07) is 7.26. The molecule has 0 saturated carbocycles. The van der Waals surface area contributed by atoms with Crippen LogP contribution < -0.4 is 11.5 Å². The number of hydrogen-bond acceptors (Lipinski definition) is 3. The van der Waals surface area contributed by atoms with Crippen molar-refractivity contribution in [2.75, 3.05) is 0 Å². The molecule has 1 atom stereocenters. The SMILES string of the molecule is [NH]C(=O)C(S)c1ccccc1CN. The van der Waals surface area contributed by atoms with E-state index in [0.717, 1.165) is 11.1 Å². The van der Waals surface area contributed by atoms with E-state index in [1.807, 2.05) is 12.1 Å². The minimum Gasteiger partial charge on any atom is -0.326 e. The van der Waals surface area contributed by atoms with Crippen molar-refractivity contribution < 1.29 is 4.79 Å². The van der Waals surface area contributed by atoms with Gasteiger partial charge < -0.3 is 5.73 Å². The Morgan fingerprint density at radius 2 is 2.15 bits per heavy atom. The van der Waals surface area contributed by atoms with Gasteiger partial charge in [0.05, 0.1) is 0 Å². The monoisotopic (exact) mass is 195 g/mol. The van der Waals surface area contributed by atoms with Gasteiger partial charge >= 0.3 is 0 Å². The van der Waals surface area contributed by atoms with Gasteiger partial charge in [-0.3, -0.25) is 10.5 Å². The Bertz CT molecular complexity index is 314. The number of nitrogens with two attached hydrogens (primary N) is 1. The highest BCUT2D eigenvalue weighted by Gasteiger charge is 2.15. The lowest BCUT2D eigenvalue weighted by Gasteiger charge is -2.10. The van der Waals surface area contributed by atoms with E-state index >= 15 is 0 Å². The lowest BCUT2D eigenvalue weighted by molar-refractivity contribution is -0.118. The zero-order chi connectivity index (χ0) is 9.84. The number of amides is 1. The Balaban J connectivity index is 3.05. The first-order valence-corrected chi connectivity index (χ1v) is 4.40. The highest BCUT2D eigenvalue weighted by atomic mass is 32.1. The van der Waals surface area contributed by atoms with Gasteiger partial charge in [-0.2, -0.15) is 12.6 Å². The maximum Gasteiger partial charge on any atom is 0.255 e. The van der Waals surface area contributed by atoms with E-state index in [1.165, 1.54) is 0 Å². The first-order chi connectivity index (χ1) is 6.16. The summed E-state index contributed by atoms with van der Waals surface area (Å²) in [6.45, 7) is 0.362. The van der Waals surface area contributed by atoms with E-state index in [9.17, 15) is 4.79 Å². The number of benzene rings is 1. The highest BCUT2D eigenvalue weighted by Crippen LogP contribution is 2.23. The predicted octanol–water partition coefficient (Wildman–Crippen LogP) is 0.926. The normalized spacial score (nSPS) is 12.5. The zero-order valence-electron chi connectivity index (χ0n) is 7.03. The third-order valence-electron chi connectivity index (χ3n) is 1.82. The van der Waals surface area contributed by atoms with Crippen LogP contribution in [-0.4, -0.2) is 5.91 Å². The Hall–Kier alpha value is -1.00. The van der Waals surface area contributed by atoms with E-state index < -0.39 is 11.2 Å². The number of rotatable bonds is 3. The van der Waals surface area contributed by atoms with Crippen LogP contribution in [0.4, 0.5) is 0 Å². The number of nitrogens with one attached hydrogen (secondary N) is 1. The molecule has 0 aliphatic carbocycles. The van der Waals surface area contributed by atoms with Crippen LogP contribution in [0.2, 0.25) is 0 Å². The van der Waals surface area contributed by atoms with Crippen LogP contribution in [0.5, 0.6) is 0 Å². The molecule has 4 heteroatoms. The lowest BCUT2D eigenvalue weighted by atomic mass is 10.0. The molecule has 0 saturated heterocycles. The molecule has 69 valence electrons. The molecule has 0 heterocycles. The van der Waals surface area contributed by atoms with Crippen molar-refractivity contribution >= 4 is 18.5 Å². The number of thiol groups is 1. The average Bonchev–Trinajstić information content (AvgIpc) is 2.16. The van der Waals surface area contributed by atoms with Gasteiger partial charge in [-0.05, 0) is 11.1 Å². The molecule has 1 rings (SSSR count). The Morgan fingerprint density at radius 3 is 2.69 bits per heavy atom. The van der Waals surface area contributed by atoms with E-state index in [0.29, 0.717) is 6.54 Å². The second-order valence-corrected chi connectivity index (χ2v) is 3.19. The lowest BCUT2D eigenvalue weighted by Crippen LogP contribution is -2.11. The highest BCUT2D eigenvalue weighted by molar-refractivity contribution is 7.81. The van der Waals surface area contributed by atoms with Crippen LogP contribution >= 0.6 is 12.6 Å². The van der Waals surface area contributed by atoms with Crippen molar-refractivity contribution in [1.29, 1.82) is 0 Å². The minimum atomic E-state index is -0.704. The maximum absolute atomic E-state index is 10.8. The summed E-state index contributed by atoms with van der Waals surface area (Å²) in [7, 11) is 0. The molecule has 0 spiro atoms. The summed E-state index contributed by atoms with van der Waals surface area (Å²) in [4.78, 5) is 10.8. The Kier molecular flexibility index (Phi) is 3.33. The standard InChI is InChI=1S/C9H11N2OS/c10-5-6-3-1-2-4-7(6)8(13)9(11)12/h1-4,8,11,13H,5,10H2. The van der Waals surface area contributed by atoms with Gasteiger partial charge in [-0.25, -0.2) is 0 Å². The summed E-state index contributed by atoms with van der Waals surface area (Å²) in [6.07, 6.45) is 0. The van der Waals surface area contributed by atoms with E-state index in [4.69, 9.17) is 11.5 Å². The Labute approximate surface area is 82.5 Å². The average molecular weight is 195 g/mol. The van der Waals surface area contributed by atoms with E-state index in [2.05, 4.69) is 12.6 Å². The van der Waals surface area contributed by atoms with Crippen LogP contribution in [0.25, 0.3) is 0 Å². The van der Waals surface area contributed by atoms with Crippen LogP contribution in [-0.2, 0) is 11.3 Å². The third-order valence-corrected chi connectivity index (χ3v) is 2.33. The molecule has 0 aliphatic rings. The summed E-state index contributed by atoms with van der Waals surface area (Å²) in [5, 5.41) is -0.681. The Morgan fingerprint density at radius 1 is 1.54 bits per heavy atom. The van der Waals surface area contributed by atoms with Crippen molar-refractivity contribution in [2.45, 2.75) is 11.8 Å². The molecule has 1 unspecified atom stereocenters. The van der Waals surface area contributed by atoms with E-state index in [1.54, 1.807) is 12.1 Å². The molecule has 1 amide bonds. The maximum atomic E-state index is 10.8. The molecular weight excluding hydrogens is 184 g/mol. The van der Waals surface area contributed by atoms with Gasteiger partial charge in [0.15, 0.2) is 0 Å². The molecule has 1 radical (unpaired) electrons. The van der Waals surface area contributed by atoms with Crippen molar-refractivity contribution in [2.24, 2.45) is 5.73 Å². The minimum absolute atomic E-state index is 0.362. The van der Waals surface area contributed by atoms with E-state index in [-0.39, 0.29) is 0 Å². The number of carbonyl (C=O) groups excluding carboxylic acids is 1. The van der Waals surface area contributed by atoms with Gasteiger partial charge in [-0.15, -0.1) is 0 Å². The fourth-order valence-corrected chi connectivity index (χ4v) is 1.38. The van der Waals surface area contributed by atoms with Crippen molar-refractivity contribution in [3.8, 4) is 0 Å². The molecule has 3 N–H and O–H groups in total. The van der Waals surface area contributed by atoms with Gasteiger partial charge in [0, 0.05) is 6.54 Å². The van der Waals surface area contributed by atoms with Gasteiger partial charge in [0.1, 0.15) is 5.25 Å². The fraction of sp³-hybridized carbons (Fsp3) is 0.222. The zero-order valence-corrected chi connectivity index (χ0v) is 7.92. The fourth-order valence-electron chi connectivity index (χ4n) is 1.13. The number of hydrogen-bond donors (Lipinski definition) is 2.